The van der Waals surface area contributed by atoms with E-state index in [9.17, 15) is 8.42 Å². The summed E-state index contributed by atoms with van der Waals surface area (Å²) in [6.07, 6.45) is 0.925. The number of hydrogen-bond acceptors (Lipinski definition) is 3. The third-order valence-corrected chi connectivity index (χ3v) is 5.61. The molecule has 0 aromatic carbocycles. The topological polar surface area (TPSA) is 43.4 Å². The Morgan fingerprint density at radius 1 is 1.56 bits per heavy atom. The van der Waals surface area contributed by atoms with Crippen molar-refractivity contribution in [1.82, 2.24) is 0 Å². The zero-order valence-corrected chi connectivity index (χ0v) is 6.91. The molecule has 54 valence electrons. The van der Waals surface area contributed by atoms with Crippen molar-refractivity contribution < 1.29 is 12.6 Å². The zero-order chi connectivity index (χ0) is 6.91. The average Bonchev–Trinajstić information content (AvgIpc) is 1.60. The number of rotatable bonds is 0. The molecule has 0 saturated carbocycles. The van der Waals surface area contributed by atoms with E-state index in [2.05, 4.69) is 4.18 Å². The van der Waals surface area contributed by atoms with Gasteiger partial charge >= 0.3 is 0 Å². The predicted octanol–water partition coefficient (Wildman–Crippen LogP) is 0.416. The van der Waals surface area contributed by atoms with Crippen LogP contribution in [0.4, 0.5) is 0 Å². The van der Waals surface area contributed by atoms with Crippen LogP contribution in [0, 0.1) is 0 Å². The fourth-order valence-corrected chi connectivity index (χ4v) is 4.53. The van der Waals surface area contributed by atoms with Gasteiger partial charge in [0.05, 0.1) is 12.1 Å². The van der Waals surface area contributed by atoms with Crippen LogP contribution >= 0.6 is 7.92 Å². The molecule has 1 saturated heterocycles. The molecular weight excluding hydrogens is 159 g/mol. The molecule has 1 fully saturated rings. The van der Waals surface area contributed by atoms with Gasteiger partial charge < -0.3 is 0 Å². The van der Waals surface area contributed by atoms with E-state index < -0.39 is 10.1 Å². The summed E-state index contributed by atoms with van der Waals surface area (Å²) in [6.45, 7) is 2.37. The molecule has 0 bridgehead atoms. The Kier molecular flexibility index (Phi) is 2.09. The highest BCUT2D eigenvalue weighted by Gasteiger charge is 2.21. The fourth-order valence-electron chi connectivity index (χ4n) is 0.692. The Morgan fingerprint density at radius 2 is 2.22 bits per heavy atom. The van der Waals surface area contributed by atoms with Crippen LogP contribution < -0.4 is 0 Å². The summed E-state index contributed by atoms with van der Waals surface area (Å²) in [4.78, 5) is 0. The van der Waals surface area contributed by atoms with Gasteiger partial charge in [0, 0.05) is 0 Å². The minimum Gasteiger partial charge on any atom is -0.269 e. The van der Waals surface area contributed by atoms with Crippen LogP contribution in [0.15, 0.2) is 0 Å². The molecule has 0 aliphatic carbocycles. The average molecular weight is 168 g/mol. The van der Waals surface area contributed by atoms with Crippen LogP contribution in [0.25, 0.3) is 0 Å². The Bertz CT molecular complexity index is 186. The summed E-state index contributed by atoms with van der Waals surface area (Å²) < 4.78 is 25.8. The van der Waals surface area contributed by atoms with Gasteiger partial charge in [0.15, 0.2) is 0 Å². The molecule has 1 aliphatic heterocycles. The lowest BCUT2D eigenvalue weighted by Gasteiger charge is -2.17. The van der Waals surface area contributed by atoms with Crippen LogP contribution in [0.1, 0.15) is 0 Å². The van der Waals surface area contributed by atoms with Gasteiger partial charge in [0.25, 0.3) is 10.1 Å². The van der Waals surface area contributed by atoms with Crippen molar-refractivity contribution in [3.8, 4) is 0 Å². The molecule has 0 radical (unpaired) electrons. The van der Waals surface area contributed by atoms with Gasteiger partial charge in [0.1, 0.15) is 0 Å². The highest BCUT2D eigenvalue weighted by molar-refractivity contribution is 7.94. The highest BCUT2D eigenvalue weighted by Crippen LogP contribution is 2.35. The third-order valence-electron chi connectivity index (χ3n) is 1.11. The van der Waals surface area contributed by atoms with Gasteiger partial charge in [-0.25, -0.2) is 0 Å². The first kappa shape index (κ1) is 7.45. The summed E-state index contributed by atoms with van der Waals surface area (Å²) in [5.74, 6) is 0. The van der Waals surface area contributed by atoms with Crippen molar-refractivity contribution in [3.63, 3.8) is 0 Å². The molecule has 1 aliphatic rings. The van der Waals surface area contributed by atoms with Crippen molar-refractivity contribution >= 4 is 18.0 Å². The summed E-state index contributed by atoms with van der Waals surface area (Å²) in [5, 5.41) is 0. The lowest BCUT2D eigenvalue weighted by atomic mass is 10.9. The van der Waals surface area contributed by atoms with Gasteiger partial charge in [-0.15, -0.1) is 0 Å². The predicted molar refractivity (Wildman–Crippen MR) is 37.4 cm³/mol. The lowest BCUT2D eigenvalue weighted by molar-refractivity contribution is 0.339. The molecule has 0 aromatic rings. The van der Waals surface area contributed by atoms with E-state index in [1.165, 1.54) is 0 Å². The molecule has 0 N–H and O–H groups in total. The van der Waals surface area contributed by atoms with Crippen molar-refractivity contribution in [2.75, 3.05) is 24.9 Å². The second-order valence-corrected chi connectivity index (χ2v) is 6.63. The van der Waals surface area contributed by atoms with E-state index in [4.69, 9.17) is 0 Å². The van der Waals surface area contributed by atoms with Gasteiger partial charge in [-0.3, -0.25) is 4.18 Å². The maximum Gasteiger partial charge on any atom is 0.271 e. The summed E-state index contributed by atoms with van der Waals surface area (Å²) in [6, 6.07) is 0. The standard InChI is InChI=1S/C4H9O3PS/c1-8-3-2-7-9(5,6)4-8/h2-4H2,1H3. The molecule has 0 amide bonds. The summed E-state index contributed by atoms with van der Waals surface area (Å²) >= 11 is 0. The molecule has 3 nitrogen and oxygen atoms in total. The lowest BCUT2D eigenvalue weighted by Crippen LogP contribution is -2.18. The molecule has 1 unspecified atom stereocenters. The Morgan fingerprint density at radius 3 is 2.56 bits per heavy atom. The first-order valence-electron chi connectivity index (χ1n) is 2.66. The van der Waals surface area contributed by atoms with Crippen LogP contribution in [0.2, 0.25) is 0 Å². The Hall–Kier alpha value is 0.340. The molecule has 9 heavy (non-hydrogen) atoms. The van der Waals surface area contributed by atoms with Crippen LogP contribution in [-0.4, -0.2) is 33.3 Å². The van der Waals surface area contributed by atoms with E-state index in [1.807, 2.05) is 6.66 Å². The summed E-state index contributed by atoms with van der Waals surface area (Å²) in [5.41, 5.74) is 0.252. The van der Waals surface area contributed by atoms with E-state index in [0.29, 0.717) is 6.61 Å². The molecule has 1 heterocycles. The van der Waals surface area contributed by atoms with Gasteiger partial charge in [-0.05, 0) is 12.8 Å². The molecule has 5 heteroatoms. The monoisotopic (exact) mass is 168 g/mol. The third kappa shape index (κ3) is 2.20. The maximum atomic E-state index is 10.7. The second kappa shape index (κ2) is 2.52. The molecular formula is C4H9O3PS. The number of hydrogen-bond donors (Lipinski definition) is 0. The van der Waals surface area contributed by atoms with Gasteiger partial charge in [-0.2, -0.15) is 8.42 Å². The quantitative estimate of drug-likeness (QED) is 0.389. The fraction of sp³-hybridized carbons (Fsp3) is 1.00. The Labute approximate surface area is 56.3 Å². The molecule has 0 aromatic heterocycles. The maximum absolute atomic E-state index is 10.7. The van der Waals surface area contributed by atoms with E-state index >= 15 is 0 Å². The summed E-state index contributed by atoms with van der Waals surface area (Å²) in [7, 11) is -3.40. The van der Waals surface area contributed by atoms with Crippen molar-refractivity contribution in [2.45, 2.75) is 0 Å². The van der Waals surface area contributed by atoms with Crippen molar-refractivity contribution in [3.05, 3.63) is 0 Å². The van der Waals surface area contributed by atoms with E-state index in [-0.39, 0.29) is 13.4 Å². The first-order valence-corrected chi connectivity index (χ1v) is 6.39. The minimum atomic E-state index is -3.10. The Balaban J connectivity index is 2.62. The highest BCUT2D eigenvalue weighted by atomic mass is 32.2. The van der Waals surface area contributed by atoms with Gasteiger partial charge in [-0.1, -0.05) is 7.92 Å². The molecule has 1 atom stereocenters. The van der Waals surface area contributed by atoms with E-state index in [1.54, 1.807) is 0 Å². The zero-order valence-electron chi connectivity index (χ0n) is 5.20. The SMILES string of the molecule is CP1CCOS(=O)(=O)C1. The first-order chi connectivity index (χ1) is 4.10. The largest absolute Gasteiger partial charge is 0.271 e. The van der Waals surface area contributed by atoms with E-state index in [0.717, 1.165) is 6.16 Å². The van der Waals surface area contributed by atoms with Gasteiger partial charge in [0.2, 0.25) is 0 Å². The van der Waals surface area contributed by atoms with Crippen LogP contribution in [0.5, 0.6) is 0 Å². The van der Waals surface area contributed by atoms with Crippen LogP contribution in [0.3, 0.4) is 0 Å². The molecule has 1 rings (SSSR count). The second-order valence-electron chi connectivity index (χ2n) is 2.09. The smallest absolute Gasteiger partial charge is 0.269 e. The normalized spacial score (nSPS) is 34.1. The molecule has 0 spiro atoms. The van der Waals surface area contributed by atoms with Crippen molar-refractivity contribution in [2.24, 2.45) is 0 Å². The van der Waals surface area contributed by atoms with Crippen LogP contribution in [-0.2, 0) is 14.3 Å². The minimum absolute atomic E-state index is 0.252. The van der Waals surface area contributed by atoms with Crippen molar-refractivity contribution in [1.29, 1.82) is 0 Å².